The summed E-state index contributed by atoms with van der Waals surface area (Å²) in [6, 6.07) is 3.44. The van der Waals surface area contributed by atoms with E-state index in [1.807, 2.05) is 6.92 Å². The Balaban J connectivity index is 1.51. The Morgan fingerprint density at radius 1 is 1.19 bits per heavy atom. The number of hydrogen-bond donors (Lipinski definition) is 4. The van der Waals surface area contributed by atoms with Gasteiger partial charge in [-0.1, -0.05) is 19.9 Å². The molecule has 3 aliphatic rings. The molecule has 2 saturated carbocycles. The molecule has 4 N–H and O–H groups in total. The van der Waals surface area contributed by atoms with Crippen molar-refractivity contribution >= 4 is 28.3 Å². The predicted octanol–water partition coefficient (Wildman–Crippen LogP) is 3.76. The van der Waals surface area contributed by atoms with Crippen LogP contribution >= 0.6 is 11.3 Å². The number of nitrogens with one attached hydrogen (secondary N) is 2. The Morgan fingerprint density at radius 3 is 2.53 bits per heavy atom. The van der Waals surface area contributed by atoms with Gasteiger partial charge in [-0.25, -0.2) is 13.8 Å². The highest BCUT2D eigenvalue weighted by Crippen LogP contribution is 2.62. The normalized spacial score (nSPS) is 31.3. The SMILES string of the molecule is C[C@]1(CO)[C@H]2Cc3sc(NC(=O)c4c(F)cccc4F)nc3[C@@H](CC(=O)NC3CC3)[C@]2(C)CC[C@H]1O. The van der Waals surface area contributed by atoms with Crippen molar-refractivity contribution in [2.45, 2.75) is 70.4 Å². The first-order valence-electron chi connectivity index (χ1n) is 12.4. The molecule has 3 aliphatic carbocycles. The van der Waals surface area contributed by atoms with Crippen molar-refractivity contribution in [3.05, 3.63) is 46.0 Å². The molecular weight excluding hydrogens is 488 g/mol. The molecule has 10 heteroatoms. The average molecular weight is 520 g/mol. The molecule has 36 heavy (non-hydrogen) atoms. The highest BCUT2D eigenvalue weighted by Gasteiger charge is 2.59. The van der Waals surface area contributed by atoms with Crippen molar-refractivity contribution in [3.63, 3.8) is 0 Å². The minimum absolute atomic E-state index is 0.0702. The molecule has 1 aromatic carbocycles. The van der Waals surface area contributed by atoms with Gasteiger partial charge in [0.05, 0.1) is 18.4 Å². The average Bonchev–Trinajstić information content (AvgIpc) is 3.54. The van der Waals surface area contributed by atoms with Crippen molar-refractivity contribution in [2.75, 3.05) is 11.9 Å². The van der Waals surface area contributed by atoms with Crippen molar-refractivity contribution < 1.29 is 28.6 Å². The lowest BCUT2D eigenvalue weighted by molar-refractivity contribution is -0.144. The second kappa shape index (κ2) is 9.15. The number of benzene rings is 1. The zero-order valence-electron chi connectivity index (χ0n) is 20.3. The molecule has 1 heterocycles. The van der Waals surface area contributed by atoms with Gasteiger partial charge in [-0.3, -0.25) is 14.9 Å². The zero-order chi connectivity index (χ0) is 25.8. The number of amides is 2. The van der Waals surface area contributed by atoms with Gasteiger partial charge in [0.1, 0.15) is 17.2 Å². The number of carbonyl (C=O) groups is 2. The van der Waals surface area contributed by atoms with E-state index in [-0.39, 0.29) is 41.9 Å². The van der Waals surface area contributed by atoms with E-state index in [9.17, 15) is 28.6 Å². The van der Waals surface area contributed by atoms with E-state index in [0.717, 1.165) is 29.9 Å². The molecule has 194 valence electrons. The smallest absolute Gasteiger partial charge is 0.263 e. The van der Waals surface area contributed by atoms with E-state index in [0.29, 0.717) is 25.0 Å². The van der Waals surface area contributed by atoms with Crippen molar-refractivity contribution in [2.24, 2.45) is 16.7 Å². The number of aliphatic hydroxyl groups excluding tert-OH is 2. The Kier molecular flexibility index (Phi) is 6.41. The van der Waals surface area contributed by atoms with Crippen molar-refractivity contribution in [1.29, 1.82) is 0 Å². The second-order valence-electron chi connectivity index (χ2n) is 11.0. The third-order valence-corrected chi connectivity index (χ3v) is 9.64. The minimum atomic E-state index is -0.963. The predicted molar refractivity (Wildman–Crippen MR) is 131 cm³/mol. The van der Waals surface area contributed by atoms with Crippen LogP contribution in [0.2, 0.25) is 0 Å². The van der Waals surface area contributed by atoms with E-state index in [2.05, 4.69) is 22.5 Å². The maximum atomic E-state index is 14.1. The zero-order valence-corrected chi connectivity index (χ0v) is 21.1. The summed E-state index contributed by atoms with van der Waals surface area (Å²) < 4.78 is 28.3. The molecule has 5 atom stereocenters. The van der Waals surface area contributed by atoms with E-state index in [1.54, 1.807) is 0 Å². The molecular formula is C26H31F2N3O4S. The van der Waals surface area contributed by atoms with Crippen LogP contribution in [0, 0.1) is 28.4 Å². The number of carbonyl (C=O) groups excluding carboxylic acids is 2. The molecule has 0 spiro atoms. The fourth-order valence-electron chi connectivity index (χ4n) is 6.27. The van der Waals surface area contributed by atoms with Crippen LogP contribution in [0.1, 0.15) is 72.8 Å². The number of fused-ring (bicyclic) bond motifs is 2. The number of anilines is 1. The van der Waals surface area contributed by atoms with Crippen LogP contribution in [-0.2, 0) is 11.2 Å². The number of halogens is 2. The van der Waals surface area contributed by atoms with Crippen LogP contribution in [-0.4, -0.2) is 45.8 Å². The molecule has 2 amide bonds. The highest BCUT2D eigenvalue weighted by molar-refractivity contribution is 7.15. The molecule has 1 aromatic heterocycles. The van der Waals surface area contributed by atoms with Crippen LogP contribution in [0.15, 0.2) is 18.2 Å². The molecule has 0 unspecified atom stereocenters. The second-order valence-corrected chi connectivity index (χ2v) is 12.0. The molecule has 5 rings (SSSR count). The fourth-order valence-corrected chi connectivity index (χ4v) is 7.34. The van der Waals surface area contributed by atoms with Gasteiger partial charge < -0.3 is 15.5 Å². The van der Waals surface area contributed by atoms with Gasteiger partial charge in [0.15, 0.2) is 5.13 Å². The van der Waals surface area contributed by atoms with Crippen molar-refractivity contribution in [3.8, 4) is 0 Å². The number of rotatable bonds is 6. The maximum Gasteiger partial charge on any atom is 0.263 e. The Labute approximate surface area is 212 Å². The first-order chi connectivity index (χ1) is 17.1. The van der Waals surface area contributed by atoms with Gasteiger partial charge in [0.25, 0.3) is 5.91 Å². The van der Waals surface area contributed by atoms with Gasteiger partial charge in [-0.05, 0) is 55.6 Å². The summed E-state index contributed by atoms with van der Waals surface area (Å²) in [7, 11) is 0. The molecule has 2 aromatic rings. The summed E-state index contributed by atoms with van der Waals surface area (Å²) in [5, 5.41) is 27.0. The third kappa shape index (κ3) is 4.22. The lowest BCUT2D eigenvalue weighted by atomic mass is 9.47. The summed E-state index contributed by atoms with van der Waals surface area (Å²) in [5.41, 5.74) is -1.16. The van der Waals surface area contributed by atoms with Gasteiger partial charge in [-0.15, -0.1) is 11.3 Å². The Hall–Kier alpha value is -2.43. The first kappa shape index (κ1) is 25.2. The van der Waals surface area contributed by atoms with E-state index in [4.69, 9.17) is 0 Å². The van der Waals surface area contributed by atoms with Gasteiger partial charge in [-0.2, -0.15) is 0 Å². The third-order valence-electron chi connectivity index (χ3n) is 8.64. The van der Waals surface area contributed by atoms with Crippen LogP contribution in [0.4, 0.5) is 13.9 Å². The standard InChI is InChI=1S/C26H31F2N3O4S/c1-25-9-8-19(33)26(2,12-32)18(25)11-17-22(14(25)10-20(34)29-13-6-7-13)30-24(36-17)31-23(35)21-15(27)4-3-5-16(21)28/h3-5,13-14,18-19,32-33H,6-12H2,1-2H3,(H,29,34)(H,30,31,35)/t14-,18+,19-,25+,26+/m1/s1. The maximum absolute atomic E-state index is 14.1. The van der Waals surface area contributed by atoms with E-state index >= 15 is 0 Å². The Morgan fingerprint density at radius 2 is 1.89 bits per heavy atom. The summed E-state index contributed by atoms with van der Waals surface area (Å²) in [4.78, 5) is 31.2. The summed E-state index contributed by atoms with van der Waals surface area (Å²) in [6.07, 6.45) is 3.13. The fraction of sp³-hybridized carbons (Fsp3) is 0.577. The Bertz CT molecular complexity index is 1180. The molecule has 0 saturated heterocycles. The molecule has 0 radical (unpaired) electrons. The van der Waals surface area contributed by atoms with Crippen LogP contribution < -0.4 is 10.6 Å². The number of nitrogens with zero attached hydrogens (tertiary/aromatic N) is 1. The summed E-state index contributed by atoms with van der Waals surface area (Å²) in [6.45, 7) is 3.79. The lowest BCUT2D eigenvalue weighted by Gasteiger charge is -2.58. The molecule has 2 fully saturated rings. The van der Waals surface area contributed by atoms with Gasteiger partial charge in [0.2, 0.25) is 5.91 Å². The topological polar surface area (TPSA) is 112 Å². The first-order valence-corrected chi connectivity index (χ1v) is 13.2. The van der Waals surface area contributed by atoms with Crippen LogP contribution in [0.5, 0.6) is 0 Å². The highest BCUT2D eigenvalue weighted by atomic mass is 32.1. The minimum Gasteiger partial charge on any atom is -0.396 e. The number of aliphatic hydroxyl groups is 2. The monoisotopic (exact) mass is 519 g/mol. The van der Waals surface area contributed by atoms with Crippen LogP contribution in [0.3, 0.4) is 0 Å². The van der Waals surface area contributed by atoms with Crippen molar-refractivity contribution in [1.82, 2.24) is 10.3 Å². The molecule has 0 aliphatic heterocycles. The van der Waals surface area contributed by atoms with E-state index in [1.165, 1.54) is 17.4 Å². The lowest BCUT2D eigenvalue weighted by Crippen LogP contribution is -2.57. The quantitative estimate of drug-likeness (QED) is 0.465. The summed E-state index contributed by atoms with van der Waals surface area (Å²) >= 11 is 1.21. The number of thiazole rings is 1. The van der Waals surface area contributed by atoms with E-state index < -0.39 is 40.0 Å². The number of hydrogen-bond acceptors (Lipinski definition) is 6. The molecule has 7 nitrogen and oxygen atoms in total. The van der Waals surface area contributed by atoms with Gasteiger partial charge >= 0.3 is 0 Å². The van der Waals surface area contributed by atoms with Gasteiger partial charge in [0, 0.05) is 28.7 Å². The van der Waals surface area contributed by atoms with Crippen LogP contribution in [0.25, 0.3) is 0 Å². The largest absolute Gasteiger partial charge is 0.396 e. The summed E-state index contributed by atoms with van der Waals surface area (Å²) in [5.74, 6) is -3.35. The number of aromatic nitrogens is 1. The molecule has 0 bridgehead atoms.